The number of carbonyl (C=O) groups excluding carboxylic acids is 1. The molecular formula is C13H19N3O4S2. The van der Waals surface area contributed by atoms with Crippen LogP contribution in [-0.4, -0.2) is 49.9 Å². The van der Waals surface area contributed by atoms with Crippen LogP contribution in [0.25, 0.3) is 0 Å². The second kappa shape index (κ2) is 5.88. The number of hydrogen-bond acceptors (Lipinski definition) is 7. The fourth-order valence-corrected chi connectivity index (χ4v) is 6.24. The summed E-state index contributed by atoms with van der Waals surface area (Å²) in [5.41, 5.74) is 7.36. The van der Waals surface area contributed by atoms with E-state index in [4.69, 9.17) is 5.73 Å². The highest BCUT2D eigenvalue weighted by molar-refractivity contribution is 7.91. The molecule has 22 heavy (non-hydrogen) atoms. The number of aromatic nitrogens is 1. The Hall–Kier alpha value is -1.03. The van der Waals surface area contributed by atoms with E-state index in [2.05, 4.69) is 9.72 Å². The lowest BCUT2D eigenvalue weighted by molar-refractivity contribution is 0.0590. The highest BCUT2D eigenvalue weighted by Crippen LogP contribution is 2.38. The van der Waals surface area contributed by atoms with Gasteiger partial charge in [0, 0.05) is 19.1 Å². The predicted octanol–water partition coefficient (Wildman–Crippen LogP) is 0.678. The third kappa shape index (κ3) is 2.55. The molecular weight excluding hydrogens is 326 g/mol. The Morgan fingerprint density at radius 2 is 2.23 bits per heavy atom. The summed E-state index contributed by atoms with van der Waals surface area (Å²) >= 11 is 0.948. The Kier molecular flexibility index (Phi) is 4.23. The van der Waals surface area contributed by atoms with Crippen molar-refractivity contribution in [2.45, 2.75) is 29.5 Å². The maximum Gasteiger partial charge on any atom is 0.358 e. The van der Waals surface area contributed by atoms with Gasteiger partial charge in [0.25, 0.3) is 10.0 Å². The van der Waals surface area contributed by atoms with Crippen molar-refractivity contribution >= 4 is 27.3 Å². The molecule has 1 aliphatic heterocycles. The van der Waals surface area contributed by atoms with Crippen LogP contribution in [0.5, 0.6) is 0 Å². The van der Waals surface area contributed by atoms with Crippen molar-refractivity contribution in [2.24, 2.45) is 17.6 Å². The summed E-state index contributed by atoms with van der Waals surface area (Å²) in [6, 6.07) is 0.0560. The van der Waals surface area contributed by atoms with Crippen molar-refractivity contribution in [3.8, 4) is 0 Å². The minimum Gasteiger partial charge on any atom is -0.464 e. The van der Waals surface area contributed by atoms with Crippen LogP contribution in [0.1, 0.15) is 29.8 Å². The number of sulfonamides is 1. The van der Waals surface area contributed by atoms with Gasteiger partial charge in [-0.3, -0.25) is 0 Å². The Bertz CT molecular complexity index is 673. The number of carbonyl (C=O) groups is 1. The number of esters is 1. The lowest BCUT2D eigenvalue weighted by Crippen LogP contribution is -2.38. The molecule has 0 bridgehead atoms. The predicted molar refractivity (Wildman–Crippen MR) is 81.0 cm³/mol. The van der Waals surface area contributed by atoms with Gasteiger partial charge < -0.3 is 10.5 Å². The van der Waals surface area contributed by atoms with Gasteiger partial charge in [0.05, 0.1) is 12.6 Å². The van der Waals surface area contributed by atoms with Crippen LogP contribution >= 0.6 is 11.3 Å². The SMILES string of the molecule is COC(=O)c1ncsc1S(=O)(=O)N1CC2CCCC(N)C2C1. The fourth-order valence-electron chi connectivity index (χ4n) is 3.44. The summed E-state index contributed by atoms with van der Waals surface area (Å²) in [6.07, 6.45) is 3.00. The topological polar surface area (TPSA) is 103 Å². The lowest BCUT2D eigenvalue weighted by Gasteiger charge is -2.29. The monoisotopic (exact) mass is 345 g/mol. The van der Waals surface area contributed by atoms with Crippen molar-refractivity contribution in [1.29, 1.82) is 0 Å². The number of fused-ring (bicyclic) bond motifs is 1. The zero-order valence-corrected chi connectivity index (χ0v) is 13.9. The summed E-state index contributed by atoms with van der Waals surface area (Å²) in [6.45, 7) is 0.895. The third-order valence-electron chi connectivity index (χ3n) is 4.61. The second-order valence-corrected chi connectivity index (χ2v) is 8.81. The first kappa shape index (κ1) is 15.9. The molecule has 0 spiro atoms. The van der Waals surface area contributed by atoms with E-state index in [9.17, 15) is 13.2 Å². The van der Waals surface area contributed by atoms with Gasteiger partial charge in [0.1, 0.15) is 0 Å². The molecule has 1 aromatic heterocycles. The van der Waals surface area contributed by atoms with Crippen LogP contribution in [0.2, 0.25) is 0 Å². The molecule has 122 valence electrons. The van der Waals surface area contributed by atoms with Crippen LogP contribution in [0.15, 0.2) is 9.72 Å². The molecule has 1 saturated heterocycles. The zero-order valence-electron chi connectivity index (χ0n) is 12.3. The number of nitrogens with two attached hydrogens (primary N) is 1. The molecule has 3 unspecified atom stereocenters. The van der Waals surface area contributed by atoms with Gasteiger partial charge >= 0.3 is 5.97 Å². The number of hydrogen-bond donors (Lipinski definition) is 1. The Morgan fingerprint density at radius 1 is 1.45 bits per heavy atom. The molecule has 9 heteroatoms. The molecule has 3 atom stereocenters. The van der Waals surface area contributed by atoms with Crippen molar-refractivity contribution in [3.05, 3.63) is 11.2 Å². The van der Waals surface area contributed by atoms with Crippen LogP contribution < -0.4 is 5.73 Å². The number of rotatable bonds is 3. The van der Waals surface area contributed by atoms with Gasteiger partial charge in [0.15, 0.2) is 9.90 Å². The number of thiazole rings is 1. The van der Waals surface area contributed by atoms with Gasteiger partial charge in [-0.2, -0.15) is 4.31 Å². The van der Waals surface area contributed by atoms with E-state index in [0.717, 1.165) is 30.6 Å². The molecule has 0 aromatic carbocycles. The highest BCUT2D eigenvalue weighted by atomic mass is 32.2. The summed E-state index contributed by atoms with van der Waals surface area (Å²) in [5.74, 6) is -0.209. The minimum absolute atomic E-state index is 0.0356. The van der Waals surface area contributed by atoms with Crippen molar-refractivity contribution in [1.82, 2.24) is 9.29 Å². The molecule has 0 amide bonds. The Morgan fingerprint density at radius 3 is 2.91 bits per heavy atom. The van der Waals surface area contributed by atoms with E-state index < -0.39 is 16.0 Å². The Labute approximate surface area is 133 Å². The summed E-state index contributed by atoms with van der Waals surface area (Å²) < 4.78 is 31.7. The largest absolute Gasteiger partial charge is 0.464 e. The first-order chi connectivity index (χ1) is 10.4. The average molecular weight is 345 g/mol. The second-order valence-electron chi connectivity index (χ2n) is 5.82. The van der Waals surface area contributed by atoms with E-state index in [1.807, 2.05) is 0 Å². The molecule has 1 saturated carbocycles. The molecule has 2 heterocycles. The molecule has 1 aliphatic carbocycles. The van der Waals surface area contributed by atoms with Gasteiger partial charge in [0.2, 0.25) is 0 Å². The molecule has 2 N–H and O–H groups in total. The molecule has 3 rings (SSSR count). The maximum atomic E-state index is 12.8. The third-order valence-corrected chi connectivity index (χ3v) is 7.79. The van der Waals surface area contributed by atoms with Gasteiger partial charge in [-0.15, -0.1) is 11.3 Å². The van der Waals surface area contributed by atoms with E-state index >= 15 is 0 Å². The molecule has 2 aliphatic rings. The Balaban J connectivity index is 1.88. The summed E-state index contributed by atoms with van der Waals surface area (Å²) in [5, 5.41) is 0. The first-order valence-corrected chi connectivity index (χ1v) is 9.54. The molecule has 7 nitrogen and oxygen atoms in total. The molecule has 1 aromatic rings. The smallest absolute Gasteiger partial charge is 0.358 e. The number of nitrogens with zero attached hydrogens (tertiary/aromatic N) is 2. The average Bonchev–Trinajstić information content (AvgIpc) is 3.14. The van der Waals surface area contributed by atoms with Crippen LogP contribution in [-0.2, 0) is 14.8 Å². The van der Waals surface area contributed by atoms with E-state index in [-0.39, 0.29) is 21.9 Å². The summed E-state index contributed by atoms with van der Waals surface area (Å²) in [7, 11) is -2.52. The normalized spacial score (nSPS) is 29.3. The minimum atomic E-state index is -3.73. The van der Waals surface area contributed by atoms with Crippen molar-refractivity contribution < 1.29 is 17.9 Å². The van der Waals surface area contributed by atoms with Crippen LogP contribution in [0.4, 0.5) is 0 Å². The van der Waals surface area contributed by atoms with Gasteiger partial charge in [-0.05, 0) is 24.7 Å². The van der Waals surface area contributed by atoms with Crippen LogP contribution in [0, 0.1) is 11.8 Å². The van der Waals surface area contributed by atoms with Crippen molar-refractivity contribution in [2.75, 3.05) is 20.2 Å². The van der Waals surface area contributed by atoms with Gasteiger partial charge in [-0.1, -0.05) is 6.42 Å². The fraction of sp³-hybridized carbons (Fsp3) is 0.692. The number of ether oxygens (including phenoxy) is 1. The van der Waals surface area contributed by atoms with E-state index in [1.54, 1.807) is 0 Å². The first-order valence-electron chi connectivity index (χ1n) is 7.22. The zero-order chi connectivity index (χ0) is 15.9. The summed E-state index contributed by atoms with van der Waals surface area (Å²) in [4.78, 5) is 15.5. The highest BCUT2D eigenvalue weighted by Gasteiger charge is 2.44. The quantitative estimate of drug-likeness (QED) is 0.808. The molecule has 2 fully saturated rings. The number of methoxy groups -OCH3 is 1. The van der Waals surface area contributed by atoms with Gasteiger partial charge in [-0.25, -0.2) is 18.2 Å². The maximum absolute atomic E-state index is 12.8. The standard InChI is InChI=1S/C13H19N3O4S2/c1-20-12(17)11-13(21-7-15-11)22(18,19)16-5-8-3-2-4-10(14)9(8)6-16/h7-10H,2-6,14H2,1H3. The van der Waals surface area contributed by atoms with Crippen molar-refractivity contribution in [3.63, 3.8) is 0 Å². The van der Waals surface area contributed by atoms with E-state index in [0.29, 0.717) is 19.0 Å². The molecule has 0 radical (unpaired) electrons. The van der Waals surface area contributed by atoms with Crippen LogP contribution in [0.3, 0.4) is 0 Å². The van der Waals surface area contributed by atoms with E-state index in [1.165, 1.54) is 16.9 Å². The lowest BCUT2D eigenvalue weighted by atomic mass is 9.78.